The van der Waals surface area contributed by atoms with Gasteiger partial charge in [0.05, 0.1) is 0 Å². The van der Waals surface area contributed by atoms with Gasteiger partial charge in [-0.15, -0.1) is 0 Å². The van der Waals surface area contributed by atoms with Crippen LogP contribution in [0.2, 0.25) is 0 Å². The highest BCUT2D eigenvalue weighted by Gasteiger charge is 2.15. The van der Waals surface area contributed by atoms with Crippen LogP contribution in [-0.2, 0) is 0 Å². The Labute approximate surface area is 110 Å². The Balaban J connectivity index is 0.000000171. The lowest BCUT2D eigenvalue weighted by atomic mass is 9.82. The molecule has 2 fully saturated rings. The SMILES string of the molecule is CC1CCCCC1C.CC1CCCCCC1C. The molecule has 0 saturated heterocycles. The highest BCUT2D eigenvalue weighted by Crippen LogP contribution is 2.28. The Morgan fingerprint density at radius 3 is 0.941 bits per heavy atom. The van der Waals surface area contributed by atoms with E-state index in [2.05, 4.69) is 27.7 Å². The van der Waals surface area contributed by atoms with Crippen molar-refractivity contribution in [3.8, 4) is 0 Å². The third-order valence-electron chi connectivity index (χ3n) is 5.33. The maximum Gasteiger partial charge on any atom is -0.0417 e. The van der Waals surface area contributed by atoms with Crippen molar-refractivity contribution in [3.63, 3.8) is 0 Å². The van der Waals surface area contributed by atoms with E-state index < -0.39 is 0 Å². The monoisotopic (exact) mass is 238 g/mol. The van der Waals surface area contributed by atoms with Crippen LogP contribution < -0.4 is 0 Å². The second-order valence-electron chi connectivity index (χ2n) is 6.83. The maximum absolute atomic E-state index is 2.40. The fourth-order valence-corrected chi connectivity index (χ4v) is 3.18. The molecule has 0 aliphatic heterocycles. The lowest BCUT2D eigenvalue weighted by molar-refractivity contribution is 0.277. The van der Waals surface area contributed by atoms with Crippen molar-refractivity contribution in [2.45, 2.75) is 85.5 Å². The minimum absolute atomic E-state index is 0.993. The summed E-state index contributed by atoms with van der Waals surface area (Å²) < 4.78 is 0. The van der Waals surface area contributed by atoms with Crippen molar-refractivity contribution in [1.82, 2.24) is 0 Å². The fourth-order valence-electron chi connectivity index (χ4n) is 3.18. The van der Waals surface area contributed by atoms with Gasteiger partial charge in [0.25, 0.3) is 0 Å². The summed E-state index contributed by atoms with van der Waals surface area (Å²) >= 11 is 0. The fraction of sp³-hybridized carbons (Fsp3) is 1.00. The van der Waals surface area contributed by atoms with Crippen LogP contribution in [-0.4, -0.2) is 0 Å². The van der Waals surface area contributed by atoms with E-state index in [9.17, 15) is 0 Å². The minimum Gasteiger partial charge on any atom is -0.0623 e. The zero-order chi connectivity index (χ0) is 12.7. The van der Waals surface area contributed by atoms with Gasteiger partial charge in [-0.05, 0) is 23.7 Å². The van der Waals surface area contributed by atoms with Crippen molar-refractivity contribution in [2.75, 3.05) is 0 Å². The first kappa shape index (κ1) is 15.1. The van der Waals surface area contributed by atoms with Crippen LogP contribution in [0.1, 0.15) is 85.5 Å². The van der Waals surface area contributed by atoms with Gasteiger partial charge in [-0.25, -0.2) is 0 Å². The van der Waals surface area contributed by atoms with Gasteiger partial charge in [0.1, 0.15) is 0 Å². The van der Waals surface area contributed by atoms with Crippen molar-refractivity contribution in [2.24, 2.45) is 23.7 Å². The standard InChI is InChI=1S/C9H18.C8H16/c1-8-6-4-3-5-7-9(8)2;1-7-5-3-4-6-8(7)2/h8-9H,3-7H2,1-2H3;7-8H,3-6H2,1-2H3. The molecule has 0 aromatic carbocycles. The van der Waals surface area contributed by atoms with Crippen LogP contribution in [0.5, 0.6) is 0 Å². The third-order valence-corrected chi connectivity index (χ3v) is 5.33. The van der Waals surface area contributed by atoms with E-state index >= 15 is 0 Å². The van der Waals surface area contributed by atoms with Gasteiger partial charge in [-0.3, -0.25) is 0 Å². The molecule has 0 aromatic rings. The largest absolute Gasteiger partial charge is 0.0623 e. The van der Waals surface area contributed by atoms with Gasteiger partial charge in [0.2, 0.25) is 0 Å². The lowest BCUT2D eigenvalue weighted by Gasteiger charge is -2.24. The van der Waals surface area contributed by atoms with Crippen LogP contribution in [0.25, 0.3) is 0 Å². The average Bonchev–Trinajstić information content (AvgIpc) is 2.50. The van der Waals surface area contributed by atoms with Gasteiger partial charge in [0, 0.05) is 0 Å². The van der Waals surface area contributed by atoms with Crippen molar-refractivity contribution in [1.29, 1.82) is 0 Å². The van der Waals surface area contributed by atoms with Crippen LogP contribution in [0.4, 0.5) is 0 Å². The van der Waals surface area contributed by atoms with E-state index in [0.29, 0.717) is 0 Å². The minimum atomic E-state index is 0.993. The number of hydrogen-bond acceptors (Lipinski definition) is 0. The Kier molecular flexibility index (Phi) is 7.23. The van der Waals surface area contributed by atoms with Gasteiger partial charge < -0.3 is 0 Å². The quantitative estimate of drug-likeness (QED) is 0.450. The molecule has 0 heterocycles. The molecule has 0 radical (unpaired) electrons. The molecule has 102 valence electrons. The highest BCUT2D eigenvalue weighted by molar-refractivity contribution is 4.67. The van der Waals surface area contributed by atoms with Gasteiger partial charge >= 0.3 is 0 Å². The van der Waals surface area contributed by atoms with Crippen LogP contribution in [0, 0.1) is 23.7 Å². The average molecular weight is 238 g/mol. The number of rotatable bonds is 0. The molecule has 0 bridgehead atoms. The van der Waals surface area contributed by atoms with Crippen LogP contribution >= 0.6 is 0 Å². The molecule has 0 heteroatoms. The van der Waals surface area contributed by atoms with Crippen molar-refractivity contribution in [3.05, 3.63) is 0 Å². The van der Waals surface area contributed by atoms with E-state index in [1.54, 1.807) is 0 Å². The molecular formula is C17H34. The molecular weight excluding hydrogens is 204 g/mol. The van der Waals surface area contributed by atoms with Crippen LogP contribution in [0.3, 0.4) is 0 Å². The smallest absolute Gasteiger partial charge is 0.0417 e. The Bertz CT molecular complexity index is 164. The van der Waals surface area contributed by atoms with Crippen molar-refractivity contribution >= 4 is 0 Å². The second kappa shape index (κ2) is 8.16. The first-order chi connectivity index (χ1) is 8.11. The van der Waals surface area contributed by atoms with E-state index in [1.807, 2.05) is 0 Å². The second-order valence-corrected chi connectivity index (χ2v) is 6.83. The van der Waals surface area contributed by atoms with E-state index in [1.165, 1.54) is 57.8 Å². The molecule has 0 amide bonds. The first-order valence-corrected chi connectivity index (χ1v) is 8.11. The van der Waals surface area contributed by atoms with Gasteiger partial charge in [0.15, 0.2) is 0 Å². The summed E-state index contributed by atoms with van der Waals surface area (Å²) in [4.78, 5) is 0. The molecule has 0 aromatic heterocycles. The van der Waals surface area contributed by atoms with E-state index in [0.717, 1.165) is 23.7 Å². The molecule has 0 nitrogen and oxygen atoms in total. The Morgan fingerprint density at radius 1 is 0.412 bits per heavy atom. The third kappa shape index (κ3) is 5.93. The summed E-state index contributed by atoms with van der Waals surface area (Å²) in [6.07, 6.45) is 13.3. The molecule has 2 rings (SSSR count). The summed E-state index contributed by atoms with van der Waals surface area (Å²) in [6.45, 7) is 9.56. The Morgan fingerprint density at radius 2 is 0.647 bits per heavy atom. The molecule has 2 aliphatic rings. The lowest BCUT2D eigenvalue weighted by Crippen LogP contribution is -2.12. The zero-order valence-electron chi connectivity index (χ0n) is 12.7. The number of hydrogen-bond donors (Lipinski definition) is 0. The summed E-state index contributed by atoms with van der Waals surface area (Å²) in [5.41, 5.74) is 0. The molecule has 0 N–H and O–H groups in total. The van der Waals surface area contributed by atoms with Crippen molar-refractivity contribution < 1.29 is 0 Å². The topological polar surface area (TPSA) is 0 Å². The molecule has 2 saturated carbocycles. The summed E-state index contributed by atoms with van der Waals surface area (Å²) in [7, 11) is 0. The van der Waals surface area contributed by atoms with Gasteiger partial charge in [-0.1, -0.05) is 85.5 Å². The molecule has 4 atom stereocenters. The normalized spacial score (nSPS) is 38.8. The Hall–Kier alpha value is 0. The summed E-state index contributed by atoms with van der Waals surface area (Å²) in [6, 6.07) is 0. The first-order valence-electron chi connectivity index (χ1n) is 8.11. The molecule has 4 unspecified atom stereocenters. The molecule has 2 aliphatic carbocycles. The predicted octanol–water partition coefficient (Wildman–Crippen LogP) is 6.06. The molecule has 17 heavy (non-hydrogen) atoms. The van der Waals surface area contributed by atoms with Crippen LogP contribution in [0.15, 0.2) is 0 Å². The van der Waals surface area contributed by atoms with E-state index in [4.69, 9.17) is 0 Å². The highest BCUT2D eigenvalue weighted by atomic mass is 14.2. The summed E-state index contributed by atoms with van der Waals surface area (Å²) in [5.74, 6) is 3.99. The maximum atomic E-state index is 2.40. The zero-order valence-corrected chi connectivity index (χ0v) is 12.7. The summed E-state index contributed by atoms with van der Waals surface area (Å²) in [5, 5.41) is 0. The molecule has 0 spiro atoms. The van der Waals surface area contributed by atoms with Gasteiger partial charge in [-0.2, -0.15) is 0 Å². The predicted molar refractivity (Wildman–Crippen MR) is 78.2 cm³/mol. The van der Waals surface area contributed by atoms with E-state index in [-0.39, 0.29) is 0 Å².